The third kappa shape index (κ3) is 2.55. The molecule has 3 aromatic rings. The number of pyridine rings is 1. The van der Waals surface area contributed by atoms with E-state index in [0.29, 0.717) is 11.3 Å². The van der Waals surface area contributed by atoms with E-state index in [4.69, 9.17) is 5.73 Å². The fourth-order valence-corrected chi connectivity index (χ4v) is 2.65. The van der Waals surface area contributed by atoms with Crippen molar-refractivity contribution in [1.29, 1.82) is 0 Å². The molecule has 0 bridgehead atoms. The van der Waals surface area contributed by atoms with Gasteiger partial charge in [-0.25, -0.2) is 4.68 Å². The molecule has 116 valence electrons. The SMILES string of the molecule is Cc1cc(C)n(N=Cc2c[nH]c3ccccc23)c(=O)c1C(N)=O. The second-order valence-corrected chi connectivity index (χ2v) is 5.36. The average molecular weight is 308 g/mol. The van der Waals surface area contributed by atoms with Gasteiger partial charge in [-0.15, -0.1) is 0 Å². The molecule has 0 aliphatic heterocycles. The number of para-hydroxylation sites is 1. The summed E-state index contributed by atoms with van der Waals surface area (Å²) in [5, 5.41) is 5.24. The highest BCUT2D eigenvalue weighted by Gasteiger charge is 2.14. The van der Waals surface area contributed by atoms with E-state index in [2.05, 4.69) is 10.1 Å². The molecule has 0 saturated carbocycles. The summed E-state index contributed by atoms with van der Waals surface area (Å²) in [4.78, 5) is 27.0. The van der Waals surface area contributed by atoms with Crippen LogP contribution in [-0.4, -0.2) is 21.8 Å². The number of fused-ring (bicyclic) bond motifs is 1. The molecule has 0 radical (unpaired) electrons. The van der Waals surface area contributed by atoms with Gasteiger partial charge in [0.15, 0.2) is 0 Å². The smallest absolute Gasteiger partial charge is 0.284 e. The first-order chi connectivity index (χ1) is 11.0. The summed E-state index contributed by atoms with van der Waals surface area (Å²) < 4.78 is 1.19. The molecule has 1 amide bonds. The van der Waals surface area contributed by atoms with E-state index in [1.807, 2.05) is 30.5 Å². The molecule has 6 heteroatoms. The molecule has 6 nitrogen and oxygen atoms in total. The molecule has 0 atom stereocenters. The van der Waals surface area contributed by atoms with Gasteiger partial charge in [0, 0.05) is 28.4 Å². The minimum atomic E-state index is -0.747. The number of benzene rings is 1. The largest absolute Gasteiger partial charge is 0.365 e. The van der Waals surface area contributed by atoms with Gasteiger partial charge in [0.25, 0.3) is 11.5 Å². The molecule has 0 aliphatic carbocycles. The van der Waals surface area contributed by atoms with Crippen LogP contribution in [0.5, 0.6) is 0 Å². The molecule has 23 heavy (non-hydrogen) atoms. The first-order valence-electron chi connectivity index (χ1n) is 7.12. The quantitative estimate of drug-likeness (QED) is 0.723. The summed E-state index contributed by atoms with van der Waals surface area (Å²) in [5.74, 6) is -0.747. The van der Waals surface area contributed by atoms with E-state index < -0.39 is 11.5 Å². The molecule has 0 saturated heterocycles. The van der Waals surface area contributed by atoms with Crippen LogP contribution in [0.4, 0.5) is 0 Å². The lowest BCUT2D eigenvalue weighted by molar-refractivity contribution is 0.0997. The van der Waals surface area contributed by atoms with Crippen LogP contribution in [0, 0.1) is 13.8 Å². The highest BCUT2D eigenvalue weighted by atomic mass is 16.2. The number of nitrogens with one attached hydrogen (secondary N) is 1. The summed E-state index contributed by atoms with van der Waals surface area (Å²) >= 11 is 0. The molecule has 1 aromatic carbocycles. The van der Waals surface area contributed by atoms with Gasteiger partial charge < -0.3 is 10.7 Å². The summed E-state index contributed by atoms with van der Waals surface area (Å²) in [6.45, 7) is 3.44. The molecular formula is C17H16N4O2. The minimum Gasteiger partial charge on any atom is -0.365 e. The Hall–Kier alpha value is -3.15. The maximum Gasteiger partial charge on any atom is 0.284 e. The predicted octanol–water partition coefficient (Wildman–Crippen LogP) is 1.93. The monoisotopic (exact) mass is 308 g/mol. The van der Waals surface area contributed by atoms with Crippen LogP contribution < -0.4 is 11.3 Å². The van der Waals surface area contributed by atoms with Crippen LogP contribution in [0.15, 0.2) is 46.4 Å². The zero-order valence-corrected chi connectivity index (χ0v) is 12.8. The number of rotatable bonds is 3. The molecule has 0 aliphatic rings. The average Bonchev–Trinajstić information content (AvgIpc) is 2.89. The van der Waals surface area contributed by atoms with Gasteiger partial charge >= 0.3 is 0 Å². The fraction of sp³-hybridized carbons (Fsp3) is 0.118. The Kier molecular flexibility index (Phi) is 3.57. The van der Waals surface area contributed by atoms with Crippen molar-refractivity contribution in [3.63, 3.8) is 0 Å². The van der Waals surface area contributed by atoms with Gasteiger partial charge in [0.1, 0.15) is 5.56 Å². The summed E-state index contributed by atoms with van der Waals surface area (Å²) in [5.41, 5.74) is 7.77. The highest BCUT2D eigenvalue weighted by molar-refractivity contribution is 5.99. The number of nitrogens with two attached hydrogens (primary N) is 1. The summed E-state index contributed by atoms with van der Waals surface area (Å²) in [6.07, 6.45) is 3.41. The van der Waals surface area contributed by atoms with Gasteiger partial charge in [-0.05, 0) is 31.5 Å². The van der Waals surface area contributed by atoms with E-state index in [9.17, 15) is 9.59 Å². The standard InChI is InChI=1S/C17H16N4O2/c1-10-7-11(2)21(17(23)15(10)16(18)22)20-9-12-8-19-14-6-4-3-5-13(12)14/h3-9,19H,1-2H3,(H2,18,22). The Morgan fingerprint density at radius 1 is 1.30 bits per heavy atom. The molecule has 0 unspecified atom stereocenters. The number of amides is 1. The maximum absolute atomic E-state index is 12.4. The minimum absolute atomic E-state index is 0.0355. The third-order valence-corrected chi connectivity index (χ3v) is 3.74. The number of aromatic amines is 1. The lowest BCUT2D eigenvalue weighted by Crippen LogP contribution is -2.30. The zero-order chi connectivity index (χ0) is 16.6. The van der Waals surface area contributed by atoms with Crippen molar-refractivity contribution in [3.8, 4) is 0 Å². The lowest BCUT2D eigenvalue weighted by Gasteiger charge is -2.08. The van der Waals surface area contributed by atoms with E-state index in [-0.39, 0.29) is 5.56 Å². The van der Waals surface area contributed by atoms with Crippen molar-refractivity contribution >= 4 is 23.0 Å². The van der Waals surface area contributed by atoms with Crippen LogP contribution in [0.1, 0.15) is 27.2 Å². The molecule has 0 fully saturated rings. The van der Waals surface area contributed by atoms with Crippen molar-refractivity contribution in [2.24, 2.45) is 10.8 Å². The number of hydrogen-bond acceptors (Lipinski definition) is 3. The number of carbonyl (C=O) groups excluding carboxylic acids is 1. The first kappa shape index (κ1) is 14.8. The molecule has 2 aromatic heterocycles. The molecule has 2 heterocycles. The van der Waals surface area contributed by atoms with Gasteiger partial charge in [0.05, 0.1) is 6.21 Å². The Balaban J connectivity index is 2.11. The van der Waals surface area contributed by atoms with Crippen molar-refractivity contribution in [1.82, 2.24) is 9.66 Å². The van der Waals surface area contributed by atoms with E-state index in [0.717, 1.165) is 16.5 Å². The van der Waals surface area contributed by atoms with Gasteiger partial charge in [-0.3, -0.25) is 9.59 Å². The zero-order valence-electron chi connectivity index (χ0n) is 12.8. The van der Waals surface area contributed by atoms with Crippen LogP contribution in [-0.2, 0) is 0 Å². The summed E-state index contributed by atoms with van der Waals surface area (Å²) in [7, 11) is 0. The number of aryl methyl sites for hydroxylation is 2. The van der Waals surface area contributed by atoms with Gasteiger partial charge in [0.2, 0.25) is 0 Å². The van der Waals surface area contributed by atoms with Gasteiger partial charge in [-0.2, -0.15) is 5.10 Å². The lowest BCUT2D eigenvalue weighted by atomic mass is 10.1. The Morgan fingerprint density at radius 3 is 2.78 bits per heavy atom. The molecule has 3 rings (SSSR count). The topological polar surface area (TPSA) is 93.2 Å². The summed E-state index contributed by atoms with van der Waals surface area (Å²) in [6, 6.07) is 9.51. The fourth-order valence-electron chi connectivity index (χ4n) is 2.65. The highest BCUT2D eigenvalue weighted by Crippen LogP contribution is 2.16. The number of aromatic nitrogens is 2. The second kappa shape index (κ2) is 5.57. The van der Waals surface area contributed by atoms with Crippen LogP contribution in [0.3, 0.4) is 0 Å². The number of hydrogen-bond donors (Lipinski definition) is 2. The van der Waals surface area contributed by atoms with Crippen molar-refractivity contribution in [3.05, 3.63) is 69.3 Å². The van der Waals surface area contributed by atoms with Crippen LogP contribution >= 0.6 is 0 Å². The third-order valence-electron chi connectivity index (χ3n) is 3.74. The van der Waals surface area contributed by atoms with Crippen LogP contribution in [0.2, 0.25) is 0 Å². The first-order valence-corrected chi connectivity index (χ1v) is 7.12. The van der Waals surface area contributed by atoms with Crippen molar-refractivity contribution in [2.75, 3.05) is 0 Å². The maximum atomic E-state index is 12.4. The van der Waals surface area contributed by atoms with E-state index in [1.54, 1.807) is 26.1 Å². The number of nitrogens with zero attached hydrogens (tertiary/aromatic N) is 2. The Morgan fingerprint density at radius 2 is 2.04 bits per heavy atom. The normalized spacial score (nSPS) is 11.4. The molecule has 0 spiro atoms. The van der Waals surface area contributed by atoms with Crippen molar-refractivity contribution in [2.45, 2.75) is 13.8 Å². The van der Waals surface area contributed by atoms with Crippen molar-refractivity contribution < 1.29 is 4.79 Å². The molecular weight excluding hydrogens is 292 g/mol. The van der Waals surface area contributed by atoms with Crippen LogP contribution in [0.25, 0.3) is 10.9 Å². The number of primary amides is 1. The molecule has 3 N–H and O–H groups in total. The second-order valence-electron chi connectivity index (χ2n) is 5.36. The Bertz CT molecular complexity index is 995. The van der Waals surface area contributed by atoms with Gasteiger partial charge in [-0.1, -0.05) is 18.2 Å². The van der Waals surface area contributed by atoms with E-state index in [1.165, 1.54) is 4.68 Å². The predicted molar refractivity (Wildman–Crippen MR) is 90.0 cm³/mol. The number of H-pyrrole nitrogens is 1. The van der Waals surface area contributed by atoms with E-state index >= 15 is 0 Å². The Labute approximate surface area is 132 Å². The number of carbonyl (C=O) groups is 1.